The number of fused-ring (bicyclic) bond motifs is 1. The smallest absolute Gasteiger partial charge is 0.320 e. The highest BCUT2D eigenvalue weighted by Gasteiger charge is 2.08. The molecule has 2 amide bonds. The van der Waals surface area contributed by atoms with Crippen LogP contribution >= 0.6 is 0 Å². The number of urea groups is 1. The molecule has 7 nitrogen and oxygen atoms in total. The molecule has 0 aliphatic heterocycles. The van der Waals surface area contributed by atoms with E-state index in [1.54, 1.807) is 18.6 Å². The van der Waals surface area contributed by atoms with Gasteiger partial charge in [0.2, 0.25) is 0 Å². The molecule has 0 aliphatic rings. The number of anilines is 4. The molecule has 7 heteroatoms. The van der Waals surface area contributed by atoms with Gasteiger partial charge in [0.25, 0.3) is 0 Å². The van der Waals surface area contributed by atoms with Crippen molar-refractivity contribution in [3.05, 3.63) is 48.9 Å². The summed E-state index contributed by atoms with van der Waals surface area (Å²) in [7, 11) is 0. The molecular weight excluding hydrogens is 340 g/mol. The van der Waals surface area contributed by atoms with Crippen LogP contribution in [0, 0.1) is 0 Å². The van der Waals surface area contributed by atoms with Crippen molar-refractivity contribution >= 4 is 39.7 Å². The highest BCUT2D eigenvalue weighted by Crippen LogP contribution is 2.31. The van der Waals surface area contributed by atoms with Gasteiger partial charge in [-0.1, -0.05) is 6.92 Å². The van der Waals surface area contributed by atoms with E-state index in [1.165, 1.54) is 0 Å². The first-order chi connectivity index (χ1) is 13.2. The lowest BCUT2D eigenvalue weighted by molar-refractivity contribution is 0.252. The van der Waals surface area contributed by atoms with Crippen molar-refractivity contribution in [3.8, 4) is 0 Å². The minimum Gasteiger partial charge on any atom is -0.385 e. The highest BCUT2D eigenvalue weighted by atomic mass is 16.2. The standard InChI is InChI=1S/C20H24N6O/c1-3-7-23-16-9-14-10-19(26-20(27)22-4-2)24-13-17(14)18(11-16)25-15-6-5-8-21-12-15/h5-6,8-13,23,25H,3-4,7H2,1-2H3,(H2,22,24,26,27). The number of hydrogen-bond acceptors (Lipinski definition) is 5. The minimum atomic E-state index is -0.265. The Morgan fingerprint density at radius 1 is 1.11 bits per heavy atom. The van der Waals surface area contributed by atoms with Crippen molar-refractivity contribution < 1.29 is 4.79 Å². The number of nitrogens with one attached hydrogen (secondary N) is 4. The molecule has 0 bridgehead atoms. The van der Waals surface area contributed by atoms with Gasteiger partial charge in [-0.25, -0.2) is 9.78 Å². The van der Waals surface area contributed by atoms with E-state index in [2.05, 4.69) is 50.3 Å². The fourth-order valence-electron chi connectivity index (χ4n) is 2.71. The number of pyridine rings is 2. The number of amides is 2. The third kappa shape index (κ3) is 4.84. The Bertz CT molecular complexity index is 913. The lowest BCUT2D eigenvalue weighted by Crippen LogP contribution is -2.28. The van der Waals surface area contributed by atoms with Gasteiger partial charge < -0.3 is 16.0 Å². The summed E-state index contributed by atoms with van der Waals surface area (Å²) in [6.07, 6.45) is 6.31. The summed E-state index contributed by atoms with van der Waals surface area (Å²) in [5.41, 5.74) is 2.83. The van der Waals surface area contributed by atoms with Crippen molar-refractivity contribution in [3.63, 3.8) is 0 Å². The van der Waals surface area contributed by atoms with Crippen LogP contribution in [0.1, 0.15) is 20.3 Å². The first-order valence-electron chi connectivity index (χ1n) is 9.09. The molecule has 0 spiro atoms. The van der Waals surface area contributed by atoms with Gasteiger partial charge in [0.1, 0.15) is 5.82 Å². The molecule has 0 saturated heterocycles. The Labute approximate surface area is 158 Å². The molecule has 0 aliphatic carbocycles. The summed E-state index contributed by atoms with van der Waals surface area (Å²) in [4.78, 5) is 20.3. The van der Waals surface area contributed by atoms with Gasteiger partial charge in [-0.3, -0.25) is 10.3 Å². The number of nitrogens with zero attached hydrogens (tertiary/aromatic N) is 2. The largest absolute Gasteiger partial charge is 0.385 e. The molecule has 3 rings (SSSR count). The second kappa shape index (κ2) is 8.84. The molecule has 0 radical (unpaired) electrons. The van der Waals surface area contributed by atoms with Gasteiger partial charge in [-0.05, 0) is 49.1 Å². The molecule has 2 aromatic heterocycles. The molecule has 0 atom stereocenters. The van der Waals surface area contributed by atoms with E-state index < -0.39 is 0 Å². The molecule has 3 aromatic rings. The van der Waals surface area contributed by atoms with Gasteiger partial charge in [-0.2, -0.15) is 0 Å². The molecular formula is C20H24N6O. The summed E-state index contributed by atoms with van der Waals surface area (Å²) < 4.78 is 0. The Morgan fingerprint density at radius 2 is 2.00 bits per heavy atom. The van der Waals surface area contributed by atoms with Gasteiger partial charge >= 0.3 is 6.03 Å². The molecule has 1 aromatic carbocycles. The van der Waals surface area contributed by atoms with Gasteiger partial charge in [0.15, 0.2) is 0 Å². The third-order valence-electron chi connectivity index (χ3n) is 3.94. The maximum atomic E-state index is 11.8. The van der Waals surface area contributed by atoms with Crippen LogP contribution in [-0.4, -0.2) is 29.1 Å². The van der Waals surface area contributed by atoms with E-state index >= 15 is 0 Å². The molecule has 2 heterocycles. The highest BCUT2D eigenvalue weighted by molar-refractivity contribution is 6.00. The first kappa shape index (κ1) is 18.4. The molecule has 0 fully saturated rings. The topological polar surface area (TPSA) is 91.0 Å². The zero-order valence-corrected chi connectivity index (χ0v) is 15.5. The molecule has 4 N–H and O–H groups in total. The zero-order chi connectivity index (χ0) is 19.1. The number of carbonyl (C=O) groups excluding carboxylic acids is 1. The SMILES string of the molecule is CCCNc1cc(Nc2cccnc2)c2cnc(NC(=O)NCC)cc2c1. The Morgan fingerprint density at radius 3 is 2.74 bits per heavy atom. The predicted octanol–water partition coefficient (Wildman–Crippen LogP) is 4.34. The van der Waals surface area contributed by atoms with Crippen molar-refractivity contribution in [1.29, 1.82) is 0 Å². The van der Waals surface area contributed by atoms with Crippen LogP contribution < -0.4 is 21.3 Å². The maximum absolute atomic E-state index is 11.8. The summed E-state index contributed by atoms with van der Waals surface area (Å²) >= 11 is 0. The lowest BCUT2D eigenvalue weighted by Gasteiger charge is -2.14. The Kier molecular flexibility index (Phi) is 6.04. The second-order valence-corrected chi connectivity index (χ2v) is 6.09. The Hall–Kier alpha value is -3.35. The van der Waals surface area contributed by atoms with Crippen LogP contribution in [0.5, 0.6) is 0 Å². The quantitative estimate of drug-likeness (QED) is 0.501. The van der Waals surface area contributed by atoms with Crippen LogP contribution in [0.4, 0.5) is 27.7 Å². The fourth-order valence-corrected chi connectivity index (χ4v) is 2.71. The summed E-state index contributed by atoms with van der Waals surface area (Å²) in [6, 6.07) is 9.57. The van der Waals surface area contributed by atoms with Crippen molar-refractivity contribution in [2.75, 3.05) is 29.0 Å². The van der Waals surface area contributed by atoms with Crippen LogP contribution in [0.25, 0.3) is 10.8 Å². The molecule has 0 saturated carbocycles. The van der Waals surface area contributed by atoms with Crippen molar-refractivity contribution in [2.24, 2.45) is 0 Å². The predicted molar refractivity (Wildman–Crippen MR) is 111 cm³/mol. The van der Waals surface area contributed by atoms with Gasteiger partial charge in [-0.15, -0.1) is 0 Å². The van der Waals surface area contributed by atoms with Gasteiger partial charge in [0.05, 0.1) is 17.6 Å². The average Bonchev–Trinajstić information content (AvgIpc) is 2.67. The Balaban J connectivity index is 1.97. The van der Waals surface area contributed by atoms with E-state index in [0.717, 1.165) is 40.8 Å². The number of benzene rings is 1. The van der Waals surface area contributed by atoms with Crippen LogP contribution in [0.15, 0.2) is 48.9 Å². The van der Waals surface area contributed by atoms with Crippen molar-refractivity contribution in [2.45, 2.75) is 20.3 Å². The third-order valence-corrected chi connectivity index (χ3v) is 3.94. The average molecular weight is 364 g/mol. The van der Waals surface area contributed by atoms with Gasteiger partial charge in [0, 0.05) is 36.6 Å². The minimum absolute atomic E-state index is 0.265. The second-order valence-electron chi connectivity index (χ2n) is 6.09. The van der Waals surface area contributed by atoms with E-state index in [4.69, 9.17) is 0 Å². The number of hydrogen-bond donors (Lipinski definition) is 4. The van der Waals surface area contributed by atoms with Crippen LogP contribution in [0.3, 0.4) is 0 Å². The van der Waals surface area contributed by atoms with Crippen LogP contribution in [-0.2, 0) is 0 Å². The number of rotatable bonds is 7. The summed E-state index contributed by atoms with van der Waals surface area (Å²) in [5, 5.41) is 14.2. The normalized spacial score (nSPS) is 10.4. The first-order valence-corrected chi connectivity index (χ1v) is 9.09. The van der Waals surface area contributed by atoms with E-state index in [0.29, 0.717) is 12.4 Å². The van der Waals surface area contributed by atoms with Crippen LogP contribution in [0.2, 0.25) is 0 Å². The number of carbonyl (C=O) groups is 1. The fraction of sp³-hybridized carbons (Fsp3) is 0.250. The summed E-state index contributed by atoms with van der Waals surface area (Å²) in [6.45, 7) is 5.44. The number of aromatic nitrogens is 2. The zero-order valence-electron chi connectivity index (χ0n) is 15.5. The van der Waals surface area contributed by atoms with E-state index in [1.807, 2.05) is 25.1 Å². The summed E-state index contributed by atoms with van der Waals surface area (Å²) in [5.74, 6) is 0.508. The van der Waals surface area contributed by atoms with E-state index in [9.17, 15) is 4.79 Å². The molecule has 27 heavy (non-hydrogen) atoms. The lowest BCUT2D eigenvalue weighted by atomic mass is 10.1. The monoisotopic (exact) mass is 364 g/mol. The van der Waals surface area contributed by atoms with Crippen molar-refractivity contribution in [1.82, 2.24) is 15.3 Å². The molecule has 140 valence electrons. The van der Waals surface area contributed by atoms with E-state index in [-0.39, 0.29) is 6.03 Å². The maximum Gasteiger partial charge on any atom is 0.320 e. The molecule has 0 unspecified atom stereocenters.